The van der Waals surface area contributed by atoms with E-state index in [2.05, 4.69) is 26.8 Å². The Kier molecular flexibility index (Phi) is 7.00. The van der Waals surface area contributed by atoms with Gasteiger partial charge in [-0.3, -0.25) is 9.59 Å². The molecule has 2 amide bonds. The maximum atomic E-state index is 13.2. The first-order valence-corrected chi connectivity index (χ1v) is 12.7. The molecule has 0 spiro atoms. The van der Waals surface area contributed by atoms with Crippen molar-refractivity contribution in [2.45, 2.75) is 63.7 Å². The molecule has 1 aromatic heterocycles. The van der Waals surface area contributed by atoms with Gasteiger partial charge in [-0.2, -0.15) is 5.26 Å². The second-order valence-corrected chi connectivity index (χ2v) is 11.2. The van der Waals surface area contributed by atoms with Gasteiger partial charge in [0.1, 0.15) is 11.1 Å². The van der Waals surface area contributed by atoms with Crippen LogP contribution in [0, 0.1) is 22.7 Å². The van der Waals surface area contributed by atoms with Crippen LogP contribution in [0.15, 0.2) is 35.4 Å². The first-order valence-electron chi connectivity index (χ1n) is 11.9. The Morgan fingerprint density at radius 2 is 1.94 bits per heavy atom. The molecular weight excluding hydrogens is 462 g/mol. The third-order valence-corrected chi connectivity index (χ3v) is 7.88. The molecule has 0 radical (unpaired) electrons. The first-order chi connectivity index (χ1) is 16.6. The van der Waals surface area contributed by atoms with Gasteiger partial charge in [-0.05, 0) is 73.4 Å². The number of fused-ring (bicyclic) bond motifs is 1. The summed E-state index contributed by atoms with van der Waals surface area (Å²) in [5.41, 5.74) is 3.48. The van der Waals surface area contributed by atoms with Gasteiger partial charge in [0.05, 0.1) is 28.7 Å². The second kappa shape index (κ2) is 9.82. The van der Waals surface area contributed by atoms with Crippen molar-refractivity contribution in [1.29, 1.82) is 5.26 Å². The van der Waals surface area contributed by atoms with Crippen LogP contribution in [-0.4, -0.2) is 34.6 Å². The van der Waals surface area contributed by atoms with Gasteiger partial charge in [0.25, 0.3) is 0 Å². The zero-order valence-corrected chi connectivity index (χ0v) is 21.3. The Morgan fingerprint density at radius 1 is 1.23 bits per heavy atom. The Morgan fingerprint density at radius 3 is 2.57 bits per heavy atom. The number of thioether (sulfide) groups is 1. The van der Waals surface area contributed by atoms with Crippen LogP contribution in [0.3, 0.4) is 0 Å². The number of pyridine rings is 1. The van der Waals surface area contributed by atoms with E-state index in [0.29, 0.717) is 27.8 Å². The Labute approximate surface area is 209 Å². The van der Waals surface area contributed by atoms with Crippen molar-refractivity contribution in [3.05, 3.63) is 52.7 Å². The van der Waals surface area contributed by atoms with E-state index in [4.69, 9.17) is 9.72 Å². The van der Waals surface area contributed by atoms with Gasteiger partial charge >= 0.3 is 5.97 Å². The van der Waals surface area contributed by atoms with Crippen molar-refractivity contribution >= 4 is 35.2 Å². The van der Waals surface area contributed by atoms with Crippen molar-refractivity contribution < 1.29 is 19.1 Å². The Balaban J connectivity index is 1.53. The molecule has 1 aliphatic carbocycles. The molecule has 2 heterocycles. The van der Waals surface area contributed by atoms with Crippen LogP contribution < -0.4 is 4.90 Å². The van der Waals surface area contributed by atoms with E-state index in [9.17, 15) is 19.6 Å². The van der Waals surface area contributed by atoms with E-state index >= 15 is 0 Å². The minimum Gasteiger partial charge on any atom is -0.462 e. The number of anilines is 1. The average Bonchev–Trinajstić information content (AvgIpc) is 3.10. The normalized spacial score (nSPS) is 19.9. The maximum absolute atomic E-state index is 13.2. The molecule has 4 rings (SSSR count). The number of rotatable bonds is 5. The van der Waals surface area contributed by atoms with E-state index in [1.54, 1.807) is 19.1 Å². The molecule has 2 unspecified atom stereocenters. The number of carbonyl (C=O) groups is 3. The zero-order chi connectivity index (χ0) is 25.3. The Bertz CT molecular complexity index is 1210. The quantitative estimate of drug-likeness (QED) is 0.441. The predicted octanol–water partition coefficient (Wildman–Crippen LogP) is 4.71. The molecule has 1 saturated heterocycles. The summed E-state index contributed by atoms with van der Waals surface area (Å²) in [5, 5.41) is 9.62. The second-order valence-electron chi connectivity index (χ2n) is 10.0. The van der Waals surface area contributed by atoms with Gasteiger partial charge in [-0.15, -0.1) is 0 Å². The highest BCUT2D eigenvalue weighted by molar-refractivity contribution is 8.00. The fraction of sp³-hybridized carbons (Fsp3) is 0.444. The lowest BCUT2D eigenvalue weighted by atomic mass is 9.71. The molecule has 0 saturated carbocycles. The summed E-state index contributed by atoms with van der Waals surface area (Å²) in [6, 6.07) is 10.4. The van der Waals surface area contributed by atoms with Crippen LogP contribution in [-0.2, 0) is 27.2 Å². The van der Waals surface area contributed by atoms with Gasteiger partial charge < -0.3 is 4.74 Å². The SMILES string of the molecule is CCOC(=O)c1ccc(N2C(=O)CC(Sc3nc4c(cc3C#N)CC(C(C)(C)C)CC4)C2=O)cc1. The van der Waals surface area contributed by atoms with Crippen LogP contribution in [0.5, 0.6) is 0 Å². The Hall–Kier alpha value is -3.18. The van der Waals surface area contributed by atoms with Gasteiger partial charge in [0, 0.05) is 12.1 Å². The minimum absolute atomic E-state index is 0.0266. The van der Waals surface area contributed by atoms with Crippen molar-refractivity contribution in [2.24, 2.45) is 11.3 Å². The summed E-state index contributed by atoms with van der Waals surface area (Å²) < 4.78 is 4.98. The number of amides is 2. The molecule has 2 atom stereocenters. The van der Waals surface area contributed by atoms with Gasteiger partial charge in [-0.25, -0.2) is 14.7 Å². The minimum atomic E-state index is -0.657. The van der Waals surface area contributed by atoms with Crippen LogP contribution in [0.4, 0.5) is 5.69 Å². The van der Waals surface area contributed by atoms with Gasteiger partial charge in [0.2, 0.25) is 11.8 Å². The maximum Gasteiger partial charge on any atom is 0.338 e. The van der Waals surface area contributed by atoms with E-state index in [0.717, 1.165) is 35.4 Å². The number of aromatic nitrogens is 1. The number of esters is 1. The van der Waals surface area contributed by atoms with E-state index in [1.165, 1.54) is 23.9 Å². The molecule has 7 nitrogen and oxygen atoms in total. The molecular formula is C27H29N3O4S. The standard InChI is InChI=1S/C27H29N3O4S/c1-5-34-26(33)16-6-9-20(10-7-16)30-23(31)14-22(25(30)32)35-24-18(15-28)12-17-13-19(27(2,3)4)8-11-21(17)29-24/h6-7,9-10,12,19,22H,5,8,11,13-14H2,1-4H3. The number of aryl methyl sites for hydroxylation is 1. The number of imide groups is 1. The number of hydrogen-bond donors (Lipinski definition) is 0. The number of nitriles is 1. The topological polar surface area (TPSA) is 100 Å². The lowest BCUT2D eigenvalue weighted by molar-refractivity contribution is -0.121. The van der Waals surface area contributed by atoms with Crippen LogP contribution >= 0.6 is 11.8 Å². The monoisotopic (exact) mass is 491 g/mol. The molecule has 1 fully saturated rings. The van der Waals surface area contributed by atoms with Crippen LogP contribution in [0.1, 0.15) is 67.7 Å². The molecule has 0 bridgehead atoms. The van der Waals surface area contributed by atoms with Crippen LogP contribution in [0.2, 0.25) is 0 Å². The van der Waals surface area contributed by atoms with Crippen molar-refractivity contribution in [1.82, 2.24) is 4.98 Å². The highest BCUT2D eigenvalue weighted by Gasteiger charge is 2.41. The summed E-state index contributed by atoms with van der Waals surface area (Å²) in [7, 11) is 0. The molecule has 0 N–H and O–H groups in total. The summed E-state index contributed by atoms with van der Waals surface area (Å²) in [4.78, 5) is 43.7. The van der Waals surface area contributed by atoms with Crippen molar-refractivity contribution in [3.63, 3.8) is 0 Å². The molecule has 35 heavy (non-hydrogen) atoms. The molecule has 2 aliphatic rings. The summed E-state index contributed by atoms with van der Waals surface area (Å²) in [5.74, 6) is -0.594. The third-order valence-electron chi connectivity index (χ3n) is 6.69. The van der Waals surface area contributed by atoms with Crippen molar-refractivity contribution in [2.75, 3.05) is 11.5 Å². The van der Waals surface area contributed by atoms with E-state index in [1.807, 2.05) is 6.07 Å². The molecule has 182 valence electrons. The summed E-state index contributed by atoms with van der Waals surface area (Å²) in [6.07, 6.45) is 2.80. The zero-order valence-electron chi connectivity index (χ0n) is 20.5. The number of ether oxygens (including phenoxy) is 1. The summed E-state index contributed by atoms with van der Waals surface area (Å²) >= 11 is 1.19. The van der Waals surface area contributed by atoms with Crippen LogP contribution in [0.25, 0.3) is 0 Å². The number of carbonyl (C=O) groups excluding carboxylic acids is 3. The van der Waals surface area contributed by atoms with E-state index < -0.39 is 11.2 Å². The number of hydrogen-bond acceptors (Lipinski definition) is 7. The first kappa shape index (κ1) is 24.9. The molecule has 1 aliphatic heterocycles. The summed E-state index contributed by atoms with van der Waals surface area (Å²) in [6.45, 7) is 8.71. The fourth-order valence-electron chi connectivity index (χ4n) is 4.62. The fourth-order valence-corrected chi connectivity index (χ4v) is 5.71. The smallest absolute Gasteiger partial charge is 0.338 e. The van der Waals surface area contributed by atoms with E-state index in [-0.39, 0.29) is 30.3 Å². The highest BCUT2D eigenvalue weighted by Crippen LogP contribution is 2.40. The average molecular weight is 492 g/mol. The lowest BCUT2D eigenvalue weighted by Gasteiger charge is -2.34. The lowest BCUT2D eigenvalue weighted by Crippen LogP contribution is -2.31. The highest BCUT2D eigenvalue weighted by atomic mass is 32.2. The van der Waals surface area contributed by atoms with Gasteiger partial charge in [-0.1, -0.05) is 32.5 Å². The van der Waals surface area contributed by atoms with Crippen molar-refractivity contribution in [3.8, 4) is 6.07 Å². The molecule has 2 aromatic rings. The number of benzene rings is 1. The largest absolute Gasteiger partial charge is 0.462 e. The van der Waals surface area contributed by atoms with Gasteiger partial charge in [0.15, 0.2) is 0 Å². The molecule has 8 heteroatoms. The molecule has 1 aromatic carbocycles. The predicted molar refractivity (Wildman–Crippen MR) is 133 cm³/mol. The number of nitrogens with zero attached hydrogens (tertiary/aromatic N) is 3. The third kappa shape index (κ3) is 5.10.